The van der Waals surface area contributed by atoms with E-state index in [0.29, 0.717) is 18.2 Å². The second kappa shape index (κ2) is 5.64. The van der Waals surface area contributed by atoms with Gasteiger partial charge < -0.3 is 10.0 Å². The molecule has 0 radical (unpaired) electrons. The number of carboxylic acid groups (broad SMARTS) is 1. The van der Waals surface area contributed by atoms with Gasteiger partial charge >= 0.3 is 5.97 Å². The van der Waals surface area contributed by atoms with Crippen molar-refractivity contribution in [2.75, 3.05) is 11.9 Å². The Balaban J connectivity index is 2.25. The number of aryl methyl sites for hydroxylation is 1. The lowest BCUT2D eigenvalue weighted by Gasteiger charge is -2.17. The Morgan fingerprint density at radius 2 is 2.10 bits per heavy atom. The molecule has 1 aromatic carbocycles. The zero-order valence-corrected chi connectivity index (χ0v) is 11.2. The quantitative estimate of drug-likeness (QED) is 0.927. The van der Waals surface area contributed by atoms with Gasteiger partial charge in [0.2, 0.25) is 5.95 Å². The van der Waals surface area contributed by atoms with E-state index in [9.17, 15) is 9.18 Å². The van der Waals surface area contributed by atoms with Crippen LogP contribution in [0.5, 0.6) is 0 Å². The van der Waals surface area contributed by atoms with Crippen LogP contribution in [0.4, 0.5) is 10.3 Å². The van der Waals surface area contributed by atoms with Crippen molar-refractivity contribution in [3.63, 3.8) is 0 Å². The van der Waals surface area contributed by atoms with Gasteiger partial charge in [0.25, 0.3) is 0 Å². The molecule has 0 aliphatic carbocycles. The van der Waals surface area contributed by atoms with Gasteiger partial charge in [0.15, 0.2) is 5.69 Å². The molecule has 20 heavy (non-hydrogen) atoms. The summed E-state index contributed by atoms with van der Waals surface area (Å²) in [6.07, 6.45) is 0. The van der Waals surface area contributed by atoms with Gasteiger partial charge in [0.05, 0.1) is 0 Å². The maximum atomic E-state index is 13.1. The van der Waals surface area contributed by atoms with Crippen LogP contribution in [-0.2, 0) is 6.54 Å². The first-order valence-electron chi connectivity index (χ1n) is 6.00. The largest absolute Gasteiger partial charge is 0.477 e. The molecular formula is C14H14FN3O2. The lowest BCUT2D eigenvalue weighted by atomic mass is 10.2. The molecule has 0 unspecified atom stereocenters. The molecule has 0 amide bonds. The lowest BCUT2D eigenvalue weighted by Crippen LogP contribution is -2.20. The Hall–Kier alpha value is -2.50. The predicted octanol–water partition coefficient (Wildman–Crippen LogP) is 2.26. The molecule has 1 N–H and O–H groups in total. The fourth-order valence-corrected chi connectivity index (χ4v) is 1.81. The third-order valence-electron chi connectivity index (χ3n) is 2.71. The normalized spacial score (nSPS) is 10.3. The van der Waals surface area contributed by atoms with E-state index in [1.807, 2.05) is 0 Å². The highest BCUT2D eigenvalue weighted by atomic mass is 19.1. The van der Waals surface area contributed by atoms with E-state index in [1.165, 1.54) is 18.2 Å². The van der Waals surface area contributed by atoms with E-state index >= 15 is 0 Å². The third kappa shape index (κ3) is 3.28. The molecule has 0 fully saturated rings. The number of carboxylic acids is 1. The second-order valence-electron chi connectivity index (χ2n) is 4.49. The standard InChI is InChI=1S/C14H14FN3O2/c1-9-6-12(13(19)20)17-14(16-9)18(2)8-10-4-3-5-11(15)7-10/h3-7H,8H2,1-2H3,(H,19,20). The number of aromatic carboxylic acids is 1. The van der Waals surface area contributed by atoms with Crippen LogP contribution in [0.15, 0.2) is 30.3 Å². The van der Waals surface area contributed by atoms with E-state index in [2.05, 4.69) is 9.97 Å². The highest BCUT2D eigenvalue weighted by molar-refractivity contribution is 5.85. The molecule has 1 heterocycles. The molecule has 5 nitrogen and oxygen atoms in total. The summed E-state index contributed by atoms with van der Waals surface area (Å²) < 4.78 is 13.1. The summed E-state index contributed by atoms with van der Waals surface area (Å²) in [6.45, 7) is 2.09. The minimum Gasteiger partial charge on any atom is -0.477 e. The Bertz CT molecular complexity index is 646. The SMILES string of the molecule is Cc1cc(C(=O)O)nc(N(C)Cc2cccc(F)c2)n1. The van der Waals surface area contributed by atoms with Crippen LogP contribution in [-0.4, -0.2) is 28.1 Å². The molecule has 0 spiro atoms. The van der Waals surface area contributed by atoms with Crippen molar-refractivity contribution >= 4 is 11.9 Å². The van der Waals surface area contributed by atoms with Crippen LogP contribution in [0, 0.1) is 12.7 Å². The first-order valence-corrected chi connectivity index (χ1v) is 6.00. The third-order valence-corrected chi connectivity index (χ3v) is 2.71. The van der Waals surface area contributed by atoms with Crippen LogP contribution >= 0.6 is 0 Å². The number of anilines is 1. The summed E-state index contributed by atoms with van der Waals surface area (Å²) >= 11 is 0. The van der Waals surface area contributed by atoms with Gasteiger partial charge in [0, 0.05) is 19.3 Å². The summed E-state index contributed by atoms with van der Waals surface area (Å²) in [5.74, 6) is -1.12. The average Bonchev–Trinajstić information content (AvgIpc) is 2.37. The van der Waals surface area contributed by atoms with Crippen molar-refractivity contribution in [3.05, 3.63) is 53.1 Å². The van der Waals surface area contributed by atoms with Crippen molar-refractivity contribution in [2.24, 2.45) is 0 Å². The van der Waals surface area contributed by atoms with Crippen molar-refractivity contribution in [3.8, 4) is 0 Å². The fourth-order valence-electron chi connectivity index (χ4n) is 1.81. The second-order valence-corrected chi connectivity index (χ2v) is 4.49. The number of halogens is 1. The number of benzene rings is 1. The molecule has 0 bridgehead atoms. The molecule has 2 aromatic rings. The highest BCUT2D eigenvalue weighted by Gasteiger charge is 2.12. The summed E-state index contributed by atoms with van der Waals surface area (Å²) in [6, 6.07) is 7.60. The van der Waals surface area contributed by atoms with E-state index in [0.717, 1.165) is 5.56 Å². The van der Waals surface area contributed by atoms with Gasteiger partial charge in [-0.3, -0.25) is 0 Å². The van der Waals surface area contributed by atoms with Crippen LogP contribution in [0.2, 0.25) is 0 Å². The summed E-state index contributed by atoms with van der Waals surface area (Å²) in [5, 5.41) is 8.98. The molecule has 2 rings (SSSR count). The molecule has 0 saturated carbocycles. The Kier molecular flexibility index (Phi) is 3.93. The van der Waals surface area contributed by atoms with Crippen molar-refractivity contribution < 1.29 is 14.3 Å². The summed E-state index contributed by atoms with van der Waals surface area (Å²) in [7, 11) is 1.73. The number of aromatic nitrogens is 2. The molecule has 1 aromatic heterocycles. The van der Waals surface area contributed by atoms with Gasteiger partial charge in [-0.05, 0) is 30.7 Å². The molecule has 0 aliphatic heterocycles. The summed E-state index contributed by atoms with van der Waals surface area (Å²) in [5.41, 5.74) is 1.27. The first-order chi connectivity index (χ1) is 9.45. The van der Waals surface area contributed by atoms with E-state index in [-0.39, 0.29) is 11.5 Å². The predicted molar refractivity (Wildman–Crippen MR) is 72.2 cm³/mol. The number of hydrogen-bond donors (Lipinski definition) is 1. The Morgan fingerprint density at radius 1 is 1.35 bits per heavy atom. The van der Waals surface area contributed by atoms with Crippen LogP contribution < -0.4 is 4.90 Å². The zero-order valence-electron chi connectivity index (χ0n) is 11.2. The van der Waals surface area contributed by atoms with Crippen LogP contribution in [0.1, 0.15) is 21.7 Å². The van der Waals surface area contributed by atoms with E-state index in [1.54, 1.807) is 31.0 Å². The van der Waals surface area contributed by atoms with E-state index < -0.39 is 5.97 Å². The van der Waals surface area contributed by atoms with Crippen LogP contribution in [0.25, 0.3) is 0 Å². The monoisotopic (exact) mass is 275 g/mol. The van der Waals surface area contributed by atoms with E-state index in [4.69, 9.17) is 5.11 Å². The highest BCUT2D eigenvalue weighted by Crippen LogP contribution is 2.13. The minimum absolute atomic E-state index is 0.0569. The maximum absolute atomic E-state index is 13.1. The molecule has 0 aliphatic rings. The van der Waals surface area contributed by atoms with Crippen molar-refractivity contribution in [1.82, 2.24) is 9.97 Å². The molecular weight excluding hydrogens is 261 g/mol. The minimum atomic E-state index is -1.10. The van der Waals surface area contributed by atoms with Crippen molar-refractivity contribution in [2.45, 2.75) is 13.5 Å². The topological polar surface area (TPSA) is 66.3 Å². The number of rotatable bonds is 4. The number of hydrogen-bond acceptors (Lipinski definition) is 4. The average molecular weight is 275 g/mol. The summed E-state index contributed by atoms with van der Waals surface area (Å²) in [4.78, 5) is 20.8. The molecule has 104 valence electrons. The van der Waals surface area contributed by atoms with Gasteiger partial charge in [-0.15, -0.1) is 0 Å². The van der Waals surface area contributed by atoms with Gasteiger partial charge in [-0.25, -0.2) is 19.2 Å². The zero-order chi connectivity index (χ0) is 14.7. The molecule has 0 saturated heterocycles. The van der Waals surface area contributed by atoms with Gasteiger partial charge in [-0.1, -0.05) is 12.1 Å². The number of carbonyl (C=O) groups is 1. The van der Waals surface area contributed by atoms with Gasteiger partial charge in [-0.2, -0.15) is 0 Å². The number of nitrogens with zero attached hydrogens (tertiary/aromatic N) is 3. The van der Waals surface area contributed by atoms with Gasteiger partial charge in [0.1, 0.15) is 5.82 Å². The smallest absolute Gasteiger partial charge is 0.354 e. The Labute approximate surface area is 115 Å². The first kappa shape index (κ1) is 13.9. The van der Waals surface area contributed by atoms with Crippen molar-refractivity contribution in [1.29, 1.82) is 0 Å². The van der Waals surface area contributed by atoms with Crippen LogP contribution in [0.3, 0.4) is 0 Å². The molecule has 6 heteroatoms. The maximum Gasteiger partial charge on any atom is 0.354 e. The fraction of sp³-hybridized carbons (Fsp3) is 0.214. The molecule has 0 atom stereocenters. The Morgan fingerprint density at radius 3 is 2.75 bits per heavy atom. The lowest BCUT2D eigenvalue weighted by molar-refractivity contribution is 0.0690.